The number of carbonyl (C=O) groups is 1. The summed E-state index contributed by atoms with van der Waals surface area (Å²) in [6.07, 6.45) is 5.63. The predicted octanol–water partition coefficient (Wildman–Crippen LogP) is 1.87. The third-order valence-electron chi connectivity index (χ3n) is 1.93. The van der Waals surface area contributed by atoms with Crippen LogP contribution in [0.3, 0.4) is 0 Å². The lowest BCUT2D eigenvalue weighted by molar-refractivity contribution is 0.0864. The maximum Gasteiger partial charge on any atom is 0.202 e. The van der Waals surface area contributed by atoms with Crippen LogP contribution in [0, 0.1) is 0 Å². The third-order valence-corrected chi connectivity index (χ3v) is 1.93. The quantitative estimate of drug-likeness (QED) is 0.507. The van der Waals surface area contributed by atoms with Crippen LogP contribution in [0.5, 0.6) is 0 Å². The Labute approximate surface area is 89.7 Å². The first-order valence-electron chi connectivity index (χ1n) is 5.22. The number of unbranched alkanes of at least 4 members (excludes halogenated alkanes) is 1. The number of aromatic nitrogens is 2. The Bertz CT molecular complexity index is 288. The molecule has 1 aromatic rings. The fraction of sp³-hybridized carbons (Fsp3) is 0.545. The molecule has 1 heterocycles. The standard InChI is InChI=1S/C11H16N2O2/c1-2-3-8-15-9-5-10(14)11-12-6-4-7-13-11/h4,6-7H,2-3,5,8-9H2,1H3. The molecule has 0 saturated heterocycles. The largest absolute Gasteiger partial charge is 0.381 e. The average Bonchev–Trinajstić information content (AvgIpc) is 2.30. The summed E-state index contributed by atoms with van der Waals surface area (Å²) in [5, 5.41) is 0. The molecule has 15 heavy (non-hydrogen) atoms. The zero-order chi connectivity index (χ0) is 10.9. The molecule has 82 valence electrons. The summed E-state index contributed by atoms with van der Waals surface area (Å²) in [5.74, 6) is 0.212. The van der Waals surface area contributed by atoms with Crippen molar-refractivity contribution in [3.05, 3.63) is 24.3 Å². The normalized spacial score (nSPS) is 10.2. The molecule has 0 aliphatic carbocycles. The highest BCUT2D eigenvalue weighted by molar-refractivity contribution is 5.92. The lowest BCUT2D eigenvalue weighted by atomic mass is 10.3. The van der Waals surface area contributed by atoms with Crippen LogP contribution in [-0.2, 0) is 4.74 Å². The number of ketones is 1. The van der Waals surface area contributed by atoms with Crippen molar-refractivity contribution >= 4 is 5.78 Å². The van der Waals surface area contributed by atoms with Crippen molar-refractivity contribution in [1.82, 2.24) is 9.97 Å². The molecule has 0 spiro atoms. The van der Waals surface area contributed by atoms with Crippen molar-refractivity contribution in [1.29, 1.82) is 0 Å². The Morgan fingerprint density at radius 2 is 2.07 bits per heavy atom. The molecule has 4 nitrogen and oxygen atoms in total. The summed E-state index contributed by atoms with van der Waals surface area (Å²) in [6.45, 7) is 3.28. The van der Waals surface area contributed by atoms with Crippen LogP contribution in [0.25, 0.3) is 0 Å². The molecule has 1 aromatic heterocycles. The lowest BCUT2D eigenvalue weighted by Crippen LogP contribution is -2.08. The van der Waals surface area contributed by atoms with Crippen molar-refractivity contribution in [3.8, 4) is 0 Å². The Morgan fingerprint density at radius 3 is 2.73 bits per heavy atom. The van der Waals surface area contributed by atoms with Crippen LogP contribution in [-0.4, -0.2) is 29.0 Å². The molecule has 0 fully saturated rings. The first-order chi connectivity index (χ1) is 7.34. The molecular formula is C11H16N2O2. The molecule has 4 heteroatoms. The minimum atomic E-state index is -0.0629. The van der Waals surface area contributed by atoms with Crippen LogP contribution in [0.15, 0.2) is 18.5 Å². The van der Waals surface area contributed by atoms with E-state index in [9.17, 15) is 4.79 Å². The number of nitrogens with zero attached hydrogens (tertiary/aromatic N) is 2. The maximum absolute atomic E-state index is 11.5. The van der Waals surface area contributed by atoms with Gasteiger partial charge in [-0.15, -0.1) is 0 Å². The summed E-state index contributed by atoms with van der Waals surface area (Å²) >= 11 is 0. The lowest BCUT2D eigenvalue weighted by Gasteiger charge is -2.01. The molecule has 0 bridgehead atoms. The third kappa shape index (κ3) is 4.65. The highest BCUT2D eigenvalue weighted by Crippen LogP contribution is 1.96. The predicted molar refractivity (Wildman–Crippen MR) is 56.7 cm³/mol. The van der Waals surface area contributed by atoms with E-state index in [4.69, 9.17) is 4.74 Å². The number of Topliss-reactive ketones (excluding diaryl/α,β-unsaturated/α-hetero) is 1. The fourth-order valence-corrected chi connectivity index (χ4v) is 1.07. The molecule has 0 N–H and O–H groups in total. The van der Waals surface area contributed by atoms with Gasteiger partial charge >= 0.3 is 0 Å². The second-order valence-corrected chi connectivity index (χ2v) is 3.21. The summed E-state index contributed by atoms with van der Waals surface area (Å²) in [4.78, 5) is 19.2. The molecule has 0 unspecified atom stereocenters. The number of carbonyl (C=O) groups excluding carboxylic acids is 1. The molecule has 0 aliphatic rings. The van der Waals surface area contributed by atoms with E-state index in [1.54, 1.807) is 18.5 Å². The summed E-state index contributed by atoms with van der Waals surface area (Å²) in [5.41, 5.74) is 0. The van der Waals surface area contributed by atoms with Crippen molar-refractivity contribution in [2.75, 3.05) is 13.2 Å². The molecule has 0 aliphatic heterocycles. The van der Waals surface area contributed by atoms with E-state index in [0.29, 0.717) is 13.0 Å². The minimum Gasteiger partial charge on any atom is -0.381 e. The molecular weight excluding hydrogens is 192 g/mol. The van der Waals surface area contributed by atoms with Gasteiger partial charge in [-0.3, -0.25) is 4.79 Å². The van der Waals surface area contributed by atoms with Gasteiger partial charge in [0.15, 0.2) is 5.82 Å². The molecule has 0 radical (unpaired) electrons. The van der Waals surface area contributed by atoms with E-state index in [0.717, 1.165) is 19.4 Å². The first-order valence-corrected chi connectivity index (χ1v) is 5.22. The number of hydrogen-bond acceptors (Lipinski definition) is 4. The van der Waals surface area contributed by atoms with E-state index in [1.807, 2.05) is 0 Å². The van der Waals surface area contributed by atoms with Crippen molar-refractivity contribution in [2.45, 2.75) is 26.2 Å². The van der Waals surface area contributed by atoms with Crippen LogP contribution in [0.4, 0.5) is 0 Å². The van der Waals surface area contributed by atoms with E-state index in [-0.39, 0.29) is 11.6 Å². The van der Waals surface area contributed by atoms with Gasteiger partial charge in [0.25, 0.3) is 0 Å². The van der Waals surface area contributed by atoms with Gasteiger partial charge in [0.1, 0.15) is 0 Å². The van der Waals surface area contributed by atoms with Gasteiger partial charge in [0.05, 0.1) is 6.61 Å². The highest BCUT2D eigenvalue weighted by atomic mass is 16.5. The van der Waals surface area contributed by atoms with Crippen LogP contribution >= 0.6 is 0 Å². The van der Waals surface area contributed by atoms with Crippen molar-refractivity contribution in [2.24, 2.45) is 0 Å². The van der Waals surface area contributed by atoms with Gasteiger partial charge in [0, 0.05) is 25.4 Å². The smallest absolute Gasteiger partial charge is 0.202 e. The zero-order valence-electron chi connectivity index (χ0n) is 8.98. The Morgan fingerprint density at radius 1 is 1.33 bits per heavy atom. The van der Waals surface area contributed by atoms with Gasteiger partial charge in [-0.25, -0.2) is 9.97 Å². The molecule has 0 saturated carbocycles. The van der Waals surface area contributed by atoms with Gasteiger partial charge < -0.3 is 4.74 Å². The second kappa shape index (κ2) is 7.06. The summed E-state index contributed by atoms with van der Waals surface area (Å²) < 4.78 is 5.29. The number of ether oxygens (including phenoxy) is 1. The highest BCUT2D eigenvalue weighted by Gasteiger charge is 2.07. The topological polar surface area (TPSA) is 52.1 Å². The summed E-state index contributed by atoms with van der Waals surface area (Å²) in [6, 6.07) is 1.69. The Kier molecular flexibility index (Phi) is 5.55. The minimum absolute atomic E-state index is 0.0629. The molecule has 0 aromatic carbocycles. The van der Waals surface area contributed by atoms with Crippen molar-refractivity contribution in [3.63, 3.8) is 0 Å². The number of rotatable bonds is 7. The van der Waals surface area contributed by atoms with Crippen LogP contribution in [0.1, 0.15) is 36.8 Å². The van der Waals surface area contributed by atoms with E-state index in [1.165, 1.54) is 0 Å². The van der Waals surface area contributed by atoms with Gasteiger partial charge in [0.2, 0.25) is 5.78 Å². The van der Waals surface area contributed by atoms with E-state index in [2.05, 4.69) is 16.9 Å². The Hall–Kier alpha value is -1.29. The van der Waals surface area contributed by atoms with Crippen molar-refractivity contribution < 1.29 is 9.53 Å². The monoisotopic (exact) mass is 208 g/mol. The Balaban J connectivity index is 2.20. The fourth-order valence-electron chi connectivity index (χ4n) is 1.07. The van der Waals surface area contributed by atoms with E-state index >= 15 is 0 Å². The maximum atomic E-state index is 11.5. The second-order valence-electron chi connectivity index (χ2n) is 3.21. The summed E-state index contributed by atoms with van der Waals surface area (Å²) in [7, 11) is 0. The SMILES string of the molecule is CCCCOCCC(=O)c1ncccn1. The van der Waals surface area contributed by atoms with Gasteiger partial charge in [-0.05, 0) is 12.5 Å². The average molecular weight is 208 g/mol. The number of hydrogen-bond donors (Lipinski definition) is 0. The molecule has 0 amide bonds. The van der Waals surface area contributed by atoms with Gasteiger partial charge in [-0.1, -0.05) is 13.3 Å². The van der Waals surface area contributed by atoms with Crippen LogP contribution < -0.4 is 0 Å². The van der Waals surface area contributed by atoms with Crippen LogP contribution in [0.2, 0.25) is 0 Å². The zero-order valence-corrected chi connectivity index (χ0v) is 8.98. The first kappa shape index (κ1) is 11.8. The van der Waals surface area contributed by atoms with E-state index < -0.39 is 0 Å². The molecule has 1 rings (SSSR count). The van der Waals surface area contributed by atoms with Gasteiger partial charge in [-0.2, -0.15) is 0 Å². The molecule has 0 atom stereocenters.